The van der Waals surface area contributed by atoms with E-state index in [2.05, 4.69) is 9.71 Å². The van der Waals surface area contributed by atoms with Gasteiger partial charge in [-0.3, -0.25) is 4.79 Å². The van der Waals surface area contributed by atoms with Crippen LogP contribution >= 0.6 is 0 Å². The van der Waals surface area contributed by atoms with Gasteiger partial charge in [0.1, 0.15) is 5.82 Å². The van der Waals surface area contributed by atoms with Crippen LogP contribution in [0.15, 0.2) is 45.8 Å². The van der Waals surface area contributed by atoms with Crippen molar-refractivity contribution in [3.63, 3.8) is 0 Å². The van der Waals surface area contributed by atoms with Crippen LogP contribution in [-0.4, -0.2) is 19.3 Å². The van der Waals surface area contributed by atoms with Gasteiger partial charge in [-0.25, -0.2) is 22.5 Å². The average molecular weight is 431 g/mol. The molecule has 0 unspecified atom stereocenters. The van der Waals surface area contributed by atoms with Gasteiger partial charge in [-0.1, -0.05) is 6.07 Å². The number of nitrogens with one attached hydrogen (secondary N) is 1. The lowest BCUT2D eigenvalue weighted by molar-refractivity contribution is -0.119. The lowest BCUT2D eigenvalue weighted by Gasteiger charge is -2.16. The molecule has 0 atom stereocenters. The van der Waals surface area contributed by atoms with Crippen molar-refractivity contribution >= 4 is 15.9 Å². The molecule has 6 nitrogen and oxygen atoms in total. The molecule has 1 amide bonds. The van der Waals surface area contributed by atoms with Crippen molar-refractivity contribution in [3.05, 3.63) is 70.5 Å². The quantitative estimate of drug-likeness (QED) is 0.635. The fourth-order valence-electron chi connectivity index (χ4n) is 3.23. The summed E-state index contributed by atoms with van der Waals surface area (Å²) in [5, 5.41) is 0. The minimum absolute atomic E-state index is 0.106. The number of amides is 1. The summed E-state index contributed by atoms with van der Waals surface area (Å²) in [5.74, 6) is -0.264. The van der Waals surface area contributed by atoms with Gasteiger partial charge in [0, 0.05) is 18.4 Å². The Morgan fingerprint density at radius 3 is 2.27 bits per heavy atom. The van der Waals surface area contributed by atoms with Crippen molar-refractivity contribution in [1.82, 2.24) is 9.71 Å². The van der Waals surface area contributed by atoms with E-state index in [-0.39, 0.29) is 23.6 Å². The van der Waals surface area contributed by atoms with Crippen LogP contribution in [0.25, 0.3) is 11.3 Å². The molecule has 1 heterocycles. The first-order chi connectivity index (χ1) is 14.1. The van der Waals surface area contributed by atoms with Crippen LogP contribution < -0.4 is 4.72 Å². The maximum absolute atomic E-state index is 13.0. The molecule has 8 heteroatoms. The van der Waals surface area contributed by atoms with Gasteiger partial charge < -0.3 is 4.42 Å². The topological polar surface area (TPSA) is 89.3 Å². The van der Waals surface area contributed by atoms with Gasteiger partial charge in [-0.2, -0.15) is 0 Å². The number of hydrogen-bond donors (Lipinski definition) is 1. The Hall–Kier alpha value is -3.00. The maximum atomic E-state index is 13.0. The molecule has 0 aliphatic carbocycles. The summed E-state index contributed by atoms with van der Waals surface area (Å²) >= 11 is 0. The number of aryl methyl sites for hydroxylation is 3. The first kappa shape index (κ1) is 21.7. The average Bonchev–Trinajstić information content (AvgIpc) is 3.14. The number of oxazole rings is 1. The molecule has 158 valence electrons. The van der Waals surface area contributed by atoms with Crippen LogP contribution in [-0.2, 0) is 21.2 Å². The summed E-state index contributed by atoms with van der Waals surface area (Å²) in [6.45, 7) is 7.13. The molecule has 3 rings (SSSR count). The Bertz CT molecular complexity index is 1170. The predicted molar refractivity (Wildman–Crippen MR) is 111 cm³/mol. The Morgan fingerprint density at radius 2 is 1.67 bits per heavy atom. The van der Waals surface area contributed by atoms with Crippen LogP contribution in [0.4, 0.5) is 4.39 Å². The van der Waals surface area contributed by atoms with E-state index in [4.69, 9.17) is 4.42 Å². The smallest absolute Gasteiger partial charge is 0.264 e. The van der Waals surface area contributed by atoms with E-state index in [1.165, 1.54) is 18.3 Å². The predicted octanol–water partition coefficient (Wildman–Crippen LogP) is 4.15. The standard InChI is InChI=1S/C22H23FN2O4S/c1-13-11-14(2)16(4)22(15(13)3)30(27,28)25-20(26)9-10-21-24-12-19(29-21)17-5-7-18(23)8-6-17/h5-8,11-12H,9-10H2,1-4H3,(H,25,26). The van der Waals surface area contributed by atoms with Crippen LogP contribution in [0.1, 0.15) is 34.6 Å². The molecule has 0 spiro atoms. The number of aromatic nitrogens is 1. The number of nitrogens with zero attached hydrogens (tertiary/aromatic N) is 1. The van der Waals surface area contributed by atoms with Crippen LogP contribution in [0.2, 0.25) is 0 Å². The molecular formula is C22H23FN2O4S. The van der Waals surface area contributed by atoms with Crippen molar-refractivity contribution < 1.29 is 22.0 Å². The summed E-state index contributed by atoms with van der Waals surface area (Å²) in [7, 11) is -4.00. The second-order valence-electron chi connectivity index (χ2n) is 7.24. The highest BCUT2D eigenvalue weighted by atomic mass is 32.2. The maximum Gasteiger partial charge on any atom is 0.264 e. The van der Waals surface area contributed by atoms with Gasteiger partial charge in [-0.05, 0) is 74.2 Å². The number of benzene rings is 2. The fraction of sp³-hybridized carbons (Fsp3) is 0.273. The van der Waals surface area contributed by atoms with E-state index in [0.717, 1.165) is 11.1 Å². The SMILES string of the molecule is Cc1cc(C)c(C)c(S(=O)(=O)NC(=O)CCc2ncc(-c3ccc(F)cc3)o2)c1C. The number of sulfonamides is 1. The lowest BCUT2D eigenvalue weighted by atomic mass is 10.0. The van der Waals surface area contributed by atoms with E-state index < -0.39 is 15.9 Å². The molecule has 0 radical (unpaired) electrons. The number of carbonyl (C=O) groups excluding carboxylic acids is 1. The Morgan fingerprint density at radius 1 is 1.07 bits per heavy atom. The Kier molecular flexibility index (Phi) is 6.07. The second kappa shape index (κ2) is 8.39. The minimum Gasteiger partial charge on any atom is -0.441 e. The van der Waals surface area contributed by atoms with Gasteiger partial charge in [0.05, 0.1) is 11.1 Å². The van der Waals surface area contributed by atoms with Gasteiger partial charge >= 0.3 is 0 Å². The van der Waals surface area contributed by atoms with E-state index in [1.807, 2.05) is 19.9 Å². The molecule has 0 saturated heterocycles. The van der Waals surface area contributed by atoms with Crippen molar-refractivity contribution in [2.45, 2.75) is 45.4 Å². The number of halogens is 1. The zero-order chi connectivity index (χ0) is 22.1. The van der Waals surface area contributed by atoms with E-state index in [9.17, 15) is 17.6 Å². The molecule has 1 aromatic heterocycles. The first-order valence-corrected chi connectivity index (χ1v) is 10.9. The number of hydrogen-bond acceptors (Lipinski definition) is 5. The van der Waals surface area contributed by atoms with Crippen molar-refractivity contribution in [2.24, 2.45) is 0 Å². The van der Waals surface area contributed by atoms with Gasteiger partial charge in [-0.15, -0.1) is 0 Å². The zero-order valence-electron chi connectivity index (χ0n) is 17.2. The zero-order valence-corrected chi connectivity index (χ0v) is 18.1. The molecule has 2 aromatic carbocycles. The third kappa shape index (κ3) is 4.59. The molecule has 0 fully saturated rings. The normalized spacial score (nSPS) is 11.5. The third-order valence-corrected chi connectivity index (χ3v) is 6.71. The van der Waals surface area contributed by atoms with Gasteiger partial charge in [0.2, 0.25) is 5.91 Å². The fourth-order valence-corrected chi connectivity index (χ4v) is 4.86. The minimum atomic E-state index is -4.00. The first-order valence-electron chi connectivity index (χ1n) is 9.42. The van der Waals surface area contributed by atoms with Gasteiger partial charge in [0.25, 0.3) is 10.0 Å². The monoisotopic (exact) mass is 430 g/mol. The summed E-state index contributed by atoms with van der Waals surface area (Å²) in [4.78, 5) is 16.6. The number of carbonyl (C=O) groups is 1. The highest BCUT2D eigenvalue weighted by Gasteiger charge is 2.24. The highest BCUT2D eigenvalue weighted by Crippen LogP contribution is 2.26. The Balaban J connectivity index is 1.69. The van der Waals surface area contributed by atoms with E-state index >= 15 is 0 Å². The van der Waals surface area contributed by atoms with Crippen LogP contribution in [0.5, 0.6) is 0 Å². The largest absolute Gasteiger partial charge is 0.441 e. The van der Waals surface area contributed by atoms with Crippen molar-refractivity contribution in [3.8, 4) is 11.3 Å². The number of rotatable bonds is 6. The highest BCUT2D eigenvalue weighted by molar-refractivity contribution is 7.90. The van der Waals surface area contributed by atoms with Gasteiger partial charge in [0.15, 0.2) is 11.7 Å². The van der Waals surface area contributed by atoms with E-state index in [1.54, 1.807) is 26.0 Å². The van der Waals surface area contributed by atoms with Crippen LogP contribution in [0, 0.1) is 33.5 Å². The summed E-state index contributed by atoms with van der Waals surface area (Å²) in [6, 6.07) is 7.67. The second-order valence-corrected chi connectivity index (χ2v) is 8.86. The van der Waals surface area contributed by atoms with E-state index in [0.29, 0.717) is 28.3 Å². The molecule has 3 aromatic rings. The molecule has 0 saturated carbocycles. The lowest BCUT2D eigenvalue weighted by Crippen LogP contribution is -2.32. The van der Waals surface area contributed by atoms with Crippen molar-refractivity contribution in [2.75, 3.05) is 0 Å². The molecule has 1 N–H and O–H groups in total. The molecule has 0 aliphatic heterocycles. The molecular weight excluding hydrogens is 407 g/mol. The summed E-state index contributed by atoms with van der Waals surface area (Å²) in [6.07, 6.45) is 1.51. The van der Waals surface area contributed by atoms with Crippen LogP contribution in [0.3, 0.4) is 0 Å². The third-order valence-electron chi connectivity index (χ3n) is 5.06. The van der Waals surface area contributed by atoms with Crippen molar-refractivity contribution in [1.29, 1.82) is 0 Å². The molecule has 0 bridgehead atoms. The molecule has 30 heavy (non-hydrogen) atoms. The molecule has 0 aliphatic rings. The summed E-state index contributed by atoms with van der Waals surface area (Å²) in [5.41, 5.74) is 3.59. The Labute approximate surface area is 175 Å². The summed E-state index contributed by atoms with van der Waals surface area (Å²) < 4.78 is 46.4.